The molecule has 1 amide bonds. The summed E-state index contributed by atoms with van der Waals surface area (Å²) in [5.41, 5.74) is -1.47. The average Bonchev–Trinajstić information content (AvgIpc) is 3.01. The van der Waals surface area contributed by atoms with Gasteiger partial charge in [0.05, 0.1) is 11.3 Å². The predicted octanol–water partition coefficient (Wildman–Crippen LogP) is 3.75. The Labute approximate surface area is 168 Å². The number of amides is 1. The van der Waals surface area contributed by atoms with Gasteiger partial charge in [0.15, 0.2) is 9.84 Å². The highest BCUT2D eigenvalue weighted by molar-refractivity contribution is 7.90. The van der Waals surface area contributed by atoms with E-state index < -0.39 is 39.4 Å². The lowest BCUT2D eigenvalue weighted by molar-refractivity contribution is -0.137. The van der Waals surface area contributed by atoms with Gasteiger partial charge in [-0.2, -0.15) is 13.2 Å². The highest BCUT2D eigenvalue weighted by atomic mass is 32.2. The standard InChI is InChI=1S/C19H26F3NO5S/c1-18(2,3)28-17(24)23-10-9-13(11-23)16(12-29(4,25)26)27-15-7-5-14(6-8-15)19(20,21)22/h5-8,13,16H,9-12H2,1-4H3. The average molecular weight is 437 g/mol. The molecule has 1 aromatic carbocycles. The van der Waals surface area contributed by atoms with Crippen LogP contribution in [-0.4, -0.2) is 56.2 Å². The molecular weight excluding hydrogens is 411 g/mol. The summed E-state index contributed by atoms with van der Waals surface area (Å²) in [6.45, 7) is 5.88. The molecule has 2 rings (SSSR count). The SMILES string of the molecule is CC(C)(C)OC(=O)N1CCC(C(CS(C)(=O)=O)Oc2ccc(C(F)(F)F)cc2)C1. The van der Waals surface area contributed by atoms with Crippen molar-refractivity contribution in [3.63, 3.8) is 0 Å². The molecule has 1 aromatic rings. The first kappa shape index (κ1) is 23.3. The van der Waals surface area contributed by atoms with Crippen molar-refractivity contribution >= 4 is 15.9 Å². The van der Waals surface area contributed by atoms with Crippen molar-refractivity contribution in [3.8, 4) is 5.75 Å². The molecule has 10 heteroatoms. The molecule has 164 valence electrons. The quantitative estimate of drug-likeness (QED) is 0.702. The van der Waals surface area contributed by atoms with Gasteiger partial charge in [0.25, 0.3) is 0 Å². The molecule has 1 heterocycles. The van der Waals surface area contributed by atoms with Crippen LogP contribution in [0.15, 0.2) is 24.3 Å². The van der Waals surface area contributed by atoms with E-state index in [-0.39, 0.29) is 24.0 Å². The number of carbonyl (C=O) groups excluding carboxylic acids is 1. The van der Waals surface area contributed by atoms with Gasteiger partial charge in [0, 0.05) is 25.3 Å². The van der Waals surface area contributed by atoms with Crippen LogP contribution < -0.4 is 4.74 Å². The smallest absolute Gasteiger partial charge is 0.416 e. The molecule has 6 nitrogen and oxygen atoms in total. The zero-order valence-corrected chi connectivity index (χ0v) is 17.6. The van der Waals surface area contributed by atoms with Crippen molar-refractivity contribution in [1.29, 1.82) is 0 Å². The van der Waals surface area contributed by atoms with Crippen LogP contribution in [0.1, 0.15) is 32.8 Å². The Morgan fingerprint density at radius 2 is 1.79 bits per heavy atom. The number of alkyl halides is 3. The Bertz CT molecular complexity index is 816. The molecule has 1 saturated heterocycles. The maximum Gasteiger partial charge on any atom is 0.416 e. The van der Waals surface area contributed by atoms with Crippen molar-refractivity contribution < 1.29 is 35.9 Å². The normalized spacial score (nSPS) is 19.1. The Hall–Kier alpha value is -1.97. The predicted molar refractivity (Wildman–Crippen MR) is 101 cm³/mol. The maximum atomic E-state index is 12.7. The molecule has 0 aromatic heterocycles. The molecule has 0 saturated carbocycles. The summed E-state index contributed by atoms with van der Waals surface area (Å²) in [5, 5.41) is 0. The van der Waals surface area contributed by atoms with E-state index in [1.165, 1.54) is 17.0 Å². The third-order valence-corrected chi connectivity index (χ3v) is 5.27. The molecule has 1 fully saturated rings. The number of hydrogen-bond donors (Lipinski definition) is 0. The van der Waals surface area contributed by atoms with Gasteiger partial charge in [-0.3, -0.25) is 0 Å². The highest BCUT2D eigenvalue weighted by Gasteiger charge is 2.37. The molecule has 1 aliphatic rings. The Balaban J connectivity index is 2.12. The maximum absolute atomic E-state index is 12.7. The van der Waals surface area contributed by atoms with Crippen LogP contribution in [0.2, 0.25) is 0 Å². The molecule has 0 radical (unpaired) electrons. The summed E-state index contributed by atoms with van der Waals surface area (Å²) >= 11 is 0. The third kappa shape index (κ3) is 7.41. The van der Waals surface area contributed by atoms with E-state index in [1.54, 1.807) is 20.8 Å². The van der Waals surface area contributed by atoms with Crippen LogP contribution in [0.25, 0.3) is 0 Å². The van der Waals surface area contributed by atoms with Gasteiger partial charge < -0.3 is 14.4 Å². The molecule has 0 N–H and O–H groups in total. The van der Waals surface area contributed by atoms with Gasteiger partial charge >= 0.3 is 12.3 Å². The van der Waals surface area contributed by atoms with Crippen molar-refractivity contribution in [2.45, 2.75) is 45.1 Å². The molecular formula is C19H26F3NO5S. The van der Waals surface area contributed by atoms with Crippen LogP contribution in [0.4, 0.5) is 18.0 Å². The van der Waals surface area contributed by atoms with Crippen LogP contribution in [0.5, 0.6) is 5.75 Å². The molecule has 0 spiro atoms. The van der Waals surface area contributed by atoms with E-state index in [9.17, 15) is 26.4 Å². The highest BCUT2D eigenvalue weighted by Crippen LogP contribution is 2.31. The number of likely N-dealkylation sites (tertiary alicyclic amines) is 1. The largest absolute Gasteiger partial charge is 0.489 e. The van der Waals surface area contributed by atoms with E-state index in [2.05, 4.69) is 0 Å². The topological polar surface area (TPSA) is 72.9 Å². The molecule has 2 unspecified atom stereocenters. The number of carbonyl (C=O) groups is 1. The first-order valence-electron chi connectivity index (χ1n) is 9.13. The fraction of sp³-hybridized carbons (Fsp3) is 0.632. The molecule has 0 aliphatic carbocycles. The minimum Gasteiger partial charge on any atom is -0.489 e. The monoisotopic (exact) mass is 437 g/mol. The number of benzene rings is 1. The number of hydrogen-bond acceptors (Lipinski definition) is 5. The first-order valence-corrected chi connectivity index (χ1v) is 11.2. The van der Waals surface area contributed by atoms with E-state index in [0.717, 1.165) is 18.4 Å². The van der Waals surface area contributed by atoms with Gasteiger partial charge in [-0.05, 0) is 51.5 Å². The fourth-order valence-electron chi connectivity index (χ4n) is 3.05. The van der Waals surface area contributed by atoms with Crippen LogP contribution in [-0.2, 0) is 20.8 Å². The van der Waals surface area contributed by atoms with Gasteiger partial charge in [-0.25, -0.2) is 13.2 Å². The lowest BCUT2D eigenvalue weighted by atomic mass is 10.0. The Kier molecular flexibility index (Phi) is 6.76. The Morgan fingerprint density at radius 3 is 2.28 bits per heavy atom. The van der Waals surface area contributed by atoms with Crippen LogP contribution >= 0.6 is 0 Å². The van der Waals surface area contributed by atoms with Gasteiger partial charge in [-0.15, -0.1) is 0 Å². The van der Waals surface area contributed by atoms with E-state index in [1.807, 2.05) is 0 Å². The molecule has 2 atom stereocenters. The summed E-state index contributed by atoms with van der Waals surface area (Å²) in [6, 6.07) is 4.10. The van der Waals surface area contributed by atoms with E-state index in [4.69, 9.17) is 9.47 Å². The second kappa shape index (κ2) is 8.41. The summed E-state index contributed by atoms with van der Waals surface area (Å²) in [4.78, 5) is 13.7. The van der Waals surface area contributed by atoms with Crippen molar-refractivity contribution in [2.75, 3.05) is 25.1 Å². The first-order chi connectivity index (χ1) is 13.1. The number of ether oxygens (including phenoxy) is 2. The minimum atomic E-state index is -4.47. The van der Waals surface area contributed by atoms with Crippen molar-refractivity contribution in [2.24, 2.45) is 5.92 Å². The zero-order valence-electron chi connectivity index (χ0n) is 16.8. The zero-order chi connectivity index (χ0) is 22.0. The number of rotatable bonds is 5. The number of halogens is 3. The summed E-state index contributed by atoms with van der Waals surface area (Å²) in [7, 11) is -3.42. The third-order valence-electron chi connectivity index (χ3n) is 4.34. The minimum absolute atomic E-state index is 0.141. The summed E-state index contributed by atoms with van der Waals surface area (Å²) in [6.07, 6.45) is -4.19. The Morgan fingerprint density at radius 1 is 1.21 bits per heavy atom. The van der Waals surface area contributed by atoms with E-state index in [0.29, 0.717) is 13.0 Å². The van der Waals surface area contributed by atoms with Gasteiger partial charge in [0.2, 0.25) is 0 Å². The van der Waals surface area contributed by atoms with Gasteiger partial charge in [0.1, 0.15) is 17.5 Å². The molecule has 29 heavy (non-hydrogen) atoms. The number of nitrogens with zero attached hydrogens (tertiary/aromatic N) is 1. The number of sulfone groups is 1. The second-order valence-corrected chi connectivity index (χ2v) is 10.4. The fourth-order valence-corrected chi connectivity index (χ4v) is 3.98. The van der Waals surface area contributed by atoms with Gasteiger partial charge in [-0.1, -0.05) is 0 Å². The lowest BCUT2D eigenvalue weighted by Crippen LogP contribution is -2.39. The van der Waals surface area contributed by atoms with Crippen molar-refractivity contribution in [1.82, 2.24) is 4.90 Å². The summed E-state index contributed by atoms with van der Waals surface area (Å²) in [5.74, 6) is -0.456. The second-order valence-electron chi connectivity index (χ2n) is 8.25. The molecule has 0 bridgehead atoms. The lowest BCUT2D eigenvalue weighted by Gasteiger charge is -2.26. The summed E-state index contributed by atoms with van der Waals surface area (Å²) < 4.78 is 72.9. The van der Waals surface area contributed by atoms with E-state index >= 15 is 0 Å². The molecule has 1 aliphatic heterocycles. The van der Waals surface area contributed by atoms with Crippen LogP contribution in [0, 0.1) is 5.92 Å². The van der Waals surface area contributed by atoms with Crippen LogP contribution in [0.3, 0.4) is 0 Å². The van der Waals surface area contributed by atoms with Crippen molar-refractivity contribution in [3.05, 3.63) is 29.8 Å².